The van der Waals surface area contributed by atoms with Crippen LogP contribution in [0.5, 0.6) is 0 Å². The first-order valence-electron chi connectivity index (χ1n) is 9.41. The highest BCUT2D eigenvalue weighted by Gasteiger charge is 2.24. The van der Waals surface area contributed by atoms with E-state index < -0.39 is 31.4 Å². The van der Waals surface area contributed by atoms with Crippen molar-refractivity contribution in [1.82, 2.24) is 0 Å². The molecule has 0 aliphatic heterocycles. The van der Waals surface area contributed by atoms with Crippen molar-refractivity contribution < 1.29 is 26.7 Å². The molecule has 0 unspecified atom stereocenters. The third-order valence-electron chi connectivity index (χ3n) is 4.89. The van der Waals surface area contributed by atoms with Crippen LogP contribution in [0.1, 0.15) is 33.3 Å². The van der Waals surface area contributed by atoms with E-state index in [9.17, 15) is 26.7 Å². The van der Waals surface area contributed by atoms with E-state index >= 15 is 0 Å². The van der Waals surface area contributed by atoms with Crippen LogP contribution in [0.2, 0.25) is 0 Å². The van der Waals surface area contributed by atoms with E-state index in [-0.39, 0.29) is 15.4 Å². The summed E-state index contributed by atoms with van der Waals surface area (Å²) in [7, 11) is -7.49. The smallest absolute Gasteiger partial charge is 0.335 e. The van der Waals surface area contributed by atoms with Crippen LogP contribution in [-0.4, -0.2) is 34.2 Å². The maximum Gasteiger partial charge on any atom is 0.335 e. The zero-order chi connectivity index (χ0) is 23.0. The molecule has 0 saturated heterocycles. The molecule has 164 valence electrons. The molecule has 3 aromatic rings. The van der Waals surface area contributed by atoms with Crippen LogP contribution in [-0.2, 0) is 31.8 Å². The zero-order valence-electron chi connectivity index (χ0n) is 17.2. The molecule has 0 saturated carbocycles. The molecule has 0 spiro atoms. The molecular weight excluding hydrogens is 456 g/mol. The van der Waals surface area contributed by atoms with Crippen molar-refractivity contribution in [3.8, 4) is 10.4 Å². The number of aromatic carboxylic acids is 1. The minimum absolute atomic E-state index is 0.0322. The van der Waals surface area contributed by atoms with Crippen molar-refractivity contribution in [2.45, 2.75) is 35.8 Å². The minimum atomic E-state index is -3.95. The van der Waals surface area contributed by atoms with Crippen LogP contribution in [0.25, 0.3) is 10.4 Å². The number of thiophene rings is 1. The Morgan fingerprint density at radius 3 is 2.23 bits per heavy atom. The van der Waals surface area contributed by atoms with Crippen molar-refractivity contribution in [2.24, 2.45) is 0 Å². The van der Waals surface area contributed by atoms with Gasteiger partial charge in [-0.05, 0) is 66.4 Å². The molecule has 0 aliphatic carbocycles. The lowest BCUT2D eigenvalue weighted by atomic mass is 10.1. The average molecular weight is 479 g/mol. The monoisotopic (exact) mass is 478 g/mol. The third-order valence-corrected chi connectivity index (χ3v) is 8.77. The van der Waals surface area contributed by atoms with Crippen LogP contribution >= 0.6 is 11.3 Å². The number of hydrogen-bond donors (Lipinski definition) is 1. The highest BCUT2D eigenvalue weighted by atomic mass is 32.2. The van der Waals surface area contributed by atoms with Gasteiger partial charge in [-0.15, -0.1) is 11.3 Å². The van der Waals surface area contributed by atoms with Crippen molar-refractivity contribution in [1.29, 1.82) is 0 Å². The molecule has 31 heavy (non-hydrogen) atoms. The average Bonchev–Trinajstić information content (AvgIpc) is 3.12. The molecule has 9 heteroatoms. The Bertz CT molecular complexity index is 1370. The van der Waals surface area contributed by atoms with Gasteiger partial charge in [-0.25, -0.2) is 21.6 Å². The number of carbonyl (C=O) groups is 1. The normalized spacial score (nSPS) is 12.1. The van der Waals surface area contributed by atoms with Gasteiger partial charge in [0.1, 0.15) is 0 Å². The lowest BCUT2D eigenvalue weighted by molar-refractivity contribution is 0.0696. The second kappa shape index (κ2) is 8.57. The second-order valence-electron chi connectivity index (χ2n) is 7.24. The summed E-state index contributed by atoms with van der Waals surface area (Å²) in [6.45, 7) is 3.72. The van der Waals surface area contributed by atoms with E-state index in [2.05, 4.69) is 0 Å². The van der Waals surface area contributed by atoms with Crippen LogP contribution in [0, 0.1) is 6.92 Å². The summed E-state index contributed by atoms with van der Waals surface area (Å²) in [5.74, 6) is -1.66. The highest BCUT2D eigenvalue weighted by molar-refractivity contribution is 7.91. The topological polar surface area (TPSA) is 106 Å². The van der Waals surface area contributed by atoms with Crippen molar-refractivity contribution in [3.05, 3.63) is 70.1 Å². The summed E-state index contributed by atoms with van der Waals surface area (Å²) < 4.78 is 50.9. The van der Waals surface area contributed by atoms with Crippen molar-refractivity contribution >= 4 is 37.0 Å². The number of rotatable bonds is 7. The molecule has 1 aromatic heterocycles. The van der Waals surface area contributed by atoms with Gasteiger partial charge in [-0.2, -0.15) is 0 Å². The lowest BCUT2D eigenvalue weighted by Gasteiger charge is -2.14. The fourth-order valence-electron chi connectivity index (χ4n) is 3.29. The Morgan fingerprint density at radius 1 is 0.968 bits per heavy atom. The van der Waals surface area contributed by atoms with Gasteiger partial charge < -0.3 is 5.11 Å². The number of carboxylic acids is 1. The molecule has 0 atom stereocenters. The van der Waals surface area contributed by atoms with Gasteiger partial charge in [0.25, 0.3) is 0 Å². The summed E-state index contributed by atoms with van der Waals surface area (Å²) in [5, 5.41) is 9.29. The van der Waals surface area contributed by atoms with Crippen LogP contribution in [0.15, 0.2) is 58.3 Å². The third kappa shape index (κ3) is 5.06. The van der Waals surface area contributed by atoms with Gasteiger partial charge in [0.2, 0.25) is 0 Å². The summed E-state index contributed by atoms with van der Waals surface area (Å²) in [6.07, 6.45) is 1.48. The summed E-state index contributed by atoms with van der Waals surface area (Å²) >= 11 is 1.48. The number of aryl methyl sites for hydroxylation is 2. The van der Waals surface area contributed by atoms with Crippen LogP contribution in [0.3, 0.4) is 0 Å². The summed E-state index contributed by atoms with van der Waals surface area (Å²) in [4.78, 5) is 13.2. The Kier molecular flexibility index (Phi) is 6.40. The zero-order valence-corrected chi connectivity index (χ0v) is 19.7. The Hall–Kier alpha value is -2.49. The lowest BCUT2D eigenvalue weighted by Crippen LogP contribution is -2.11. The summed E-state index contributed by atoms with van der Waals surface area (Å²) in [6, 6.07) is 12.3. The first-order valence-corrected chi connectivity index (χ1v) is 13.8. The Balaban J connectivity index is 2.18. The van der Waals surface area contributed by atoms with Crippen LogP contribution in [0.4, 0.5) is 0 Å². The maximum absolute atomic E-state index is 13.4. The number of sulfone groups is 2. The van der Waals surface area contributed by atoms with Gasteiger partial charge in [-0.3, -0.25) is 0 Å². The Labute approximate surface area is 186 Å². The van der Waals surface area contributed by atoms with E-state index in [1.807, 2.05) is 19.1 Å². The van der Waals surface area contributed by atoms with Gasteiger partial charge in [0, 0.05) is 16.0 Å². The van der Waals surface area contributed by atoms with Gasteiger partial charge in [-0.1, -0.05) is 19.1 Å². The molecule has 0 bridgehead atoms. The van der Waals surface area contributed by atoms with E-state index in [0.29, 0.717) is 23.1 Å². The minimum Gasteiger partial charge on any atom is -0.478 e. The molecule has 1 heterocycles. The predicted octanol–water partition coefficient (Wildman–Crippen LogP) is 4.36. The number of carboxylic acid groups (broad SMARTS) is 1. The number of hydrogen-bond acceptors (Lipinski definition) is 6. The molecule has 0 fully saturated rings. The molecular formula is C22H22O6S3. The molecule has 2 aromatic carbocycles. The fraction of sp³-hybridized carbons (Fsp3) is 0.227. The molecule has 3 rings (SSSR count). The Morgan fingerprint density at radius 2 is 1.68 bits per heavy atom. The van der Waals surface area contributed by atoms with Crippen molar-refractivity contribution in [2.75, 3.05) is 6.26 Å². The highest BCUT2D eigenvalue weighted by Crippen LogP contribution is 2.34. The van der Waals surface area contributed by atoms with Gasteiger partial charge >= 0.3 is 5.97 Å². The van der Waals surface area contributed by atoms with E-state index in [1.54, 1.807) is 13.0 Å². The van der Waals surface area contributed by atoms with Gasteiger partial charge in [0.05, 0.1) is 21.1 Å². The quantitative estimate of drug-likeness (QED) is 0.541. The van der Waals surface area contributed by atoms with Crippen LogP contribution < -0.4 is 0 Å². The largest absolute Gasteiger partial charge is 0.478 e. The molecule has 1 N–H and O–H groups in total. The molecule has 0 radical (unpaired) electrons. The van der Waals surface area contributed by atoms with E-state index in [0.717, 1.165) is 16.0 Å². The standard InChI is InChI=1S/C22H22O6S3/c1-4-15-6-7-16(22(23)24)12-21(15)31(27,28)13-17-11-18(30(3,25)26)8-9-19(17)20-10-5-14(2)29-20/h5-12H,4,13H2,1-3H3,(H,23,24). The molecule has 6 nitrogen and oxygen atoms in total. The fourth-order valence-corrected chi connectivity index (χ4v) is 6.61. The first-order chi connectivity index (χ1) is 14.4. The van der Waals surface area contributed by atoms with Crippen molar-refractivity contribution in [3.63, 3.8) is 0 Å². The number of benzene rings is 2. The molecule has 0 aliphatic rings. The summed E-state index contributed by atoms with van der Waals surface area (Å²) in [5.41, 5.74) is 1.39. The predicted molar refractivity (Wildman–Crippen MR) is 121 cm³/mol. The first kappa shape index (κ1) is 23.2. The van der Waals surface area contributed by atoms with Gasteiger partial charge in [0.15, 0.2) is 19.7 Å². The van der Waals surface area contributed by atoms with E-state index in [1.165, 1.54) is 41.7 Å². The SMILES string of the molecule is CCc1ccc(C(=O)O)cc1S(=O)(=O)Cc1cc(S(C)(=O)=O)ccc1-c1ccc(C)s1. The maximum atomic E-state index is 13.4. The van der Waals surface area contributed by atoms with E-state index in [4.69, 9.17) is 0 Å². The second-order valence-corrected chi connectivity index (χ2v) is 12.5. The molecule has 0 amide bonds.